The largest absolute Gasteiger partial charge is 0.478 e. The third-order valence-electron chi connectivity index (χ3n) is 2.16. The molecule has 0 unspecified atom stereocenters. The zero-order chi connectivity index (χ0) is 11.7. The van der Waals surface area contributed by atoms with E-state index in [0.29, 0.717) is 5.56 Å². The molecule has 0 saturated carbocycles. The highest BCUT2D eigenvalue weighted by molar-refractivity contribution is 5.92. The van der Waals surface area contributed by atoms with E-state index < -0.39 is 17.3 Å². The van der Waals surface area contributed by atoms with E-state index in [9.17, 15) is 9.18 Å². The summed E-state index contributed by atoms with van der Waals surface area (Å²) in [5, 5.41) is 16.6. The van der Waals surface area contributed by atoms with Crippen molar-refractivity contribution < 1.29 is 14.3 Å². The van der Waals surface area contributed by atoms with Crippen molar-refractivity contribution in [2.24, 2.45) is 0 Å². The summed E-state index contributed by atoms with van der Waals surface area (Å²) in [5.41, 5.74) is 0.323. The number of carboxylic acids is 1. The van der Waals surface area contributed by atoms with Crippen LogP contribution in [-0.2, 0) is 0 Å². The lowest BCUT2D eigenvalue weighted by molar-refractivity contribution is 0.0691. The van der Waals surface area contributed by atoms with E-state index in [0.717, 1.165) is 10.9 Å². The molecule has 6 heteroatoms. The Morgan fingerprint density at radius 1 is 1.38 bits per heavy atom. The number of benzene rings is 1. The molecule has 0 radical (unpaired) electrons. The summed E-state index contributed by atoms with van der Waals surface area (Å²) in [5.74, 6) is -2.14. The number of aryl methyl sites for hydroxylation is 1. The van der Waals surface area contributed by atoms with Crippen LogP contribution in [-0.4, -0.2) is 26.1 Å². The smallest absolute Gasteiger partial charge is 0.340 e. The van der Waals surface area contributed by atoms with Crippen LogP contribution < -0.4 is 0 Å². The predicted octanol–water partition coefficient (Wildman–Crippen LogP) is 1.41. The van der Waals surface area contributed by atoms with Crippen molar-refractivity contribution in [1.29, 1.82) is 0 Å². The molecular weight excluding hydrogens is 213 g/mol. The minimum absolute atomic E-state index is 0.150. The maximum atomic E-state index is 13.4. The lowest BCUT2D eigenvalue weighted by atomic mass is 10.1. The Kier molecular flexibility index (Phi) is 2.40. The van der Waals surface area contributed by atoms with Crippen molar-refractivity contribution in [2.45, 2.75) is 6.92 Å². The molecule has 0 spiro atoms. The number of rotatable bonds is 2. The van der Waals surface area contributed by atoms with Gasteiger partial charge in [0.15, 0.2) is 0 Å². The van der Waals surface area contributed by atoms with Gasteiger partial charge in [0, 0.05) is 0 Å². The highest BCUT2D eigenvalue weighted by Crippen LogP contribution is 2.20. The predicted molar refractivity (Wildman–Crippen MR) is 53.0 cm³/mol. The molecule has 1 N–H and O–H groups in total. The summed E-state index contributed by atoms with van der Waals surface area (Å²) in [6, 6.07) is 2.60. The van der Waals surface area contributed by atoms with Crippen LogP contribution in [0.3, 0.4) is 0 Å². The fourth-order valence-electron chi connectivity index (χ4n) is 1.46. The Morgan fingerprint density at radius 3 is 2.56 bits per heavy atom. The Balaban J connectivity index is 2.76. The van der Waals surface area contributed by atoms with E-state index in [1.165, 1.54) is 18.5 Å². The van der Waals surface area contributed by atoms with Crippen molar-refractivity contribution >= 4 is 5.97 Å². The van der Waals surface area contributed by atoms with Crippen molar-refractivity contribution in [3.63, 3.8) is 0 Å². The Morgan fingerprint density at radius 2 is 2.00 bits per heavy atom. The number of hydrogen-bond acceptors (Lipinski definition) is 3. The summed E-state index contributed by atoms with van der Waals surface area (Å²) in [6.45, 7) is 1.67. The zero-order valence-corrected chi connectivity index (χ0v) is 8.38. The summed E-state index contributed by atoms with van der Waals surface area (Å²) >= 11 is 0. The molecular formula is C10H8FN3O2. The van der Waals surface area contributed by atoms with Crippen LogP contribution in [0.4, 0.5) is 4.39 Å². The van der Waals surface area contributed by atoms with Crippen LogP contribution in [0.25, 0.3) is 5.69 Å². The number of halogens is 1. The molecule has 1 aromatic heterocycles. The zero-order valence-electron chi connectivity index (χ0n) is 8.38. The fourth-order valence-corrected chi connectivity index (χ4v) is 1.46. The molecule has 82 valence electrons. The van der Waals surface area contributed by atoms with Gasteiger partial charge in [-0.1, -0.05) is 6.07 Å². The van der Waals surface area contributed by atoms with Crippen molar-refractivity contribution in [3.05, 3.63) is 41.5 Å². The molecule has 0 aliphatic heterocycles. The topological polar surface area (TPSA) is 68.0 Å². The van der Waals surface area contributed by atoms with E-state index in [2.05, 4.69) is 10.2 Å². The second-order valence-electron chi connectivity index (χ2n) is 3.21. The molecule has 1 heterocycles. The first-order valence-corrected chi connectivity index (χ1v) is 4.50. The van der Waals surface area contributed by atoms with Gasteiger partial charge in [-0.2, -0.15) is 15.0 Å². The van der Waals surface area contributed by atoms with Gasteiger partial charge in [0.1, 0.15) is 17.1 Å². The van der Waals surface area contributed by atoms with Gasteiger partial charge in [-0.3, -0.25) is 0 Å². The monoisotopic (exact) mass is 221 g/mol. The summed E-state index contributed by atoms with van der Waals surface area (Å²) < 4.78 is 13.4. The maximum Gasteiger partial charge on any atom is 0.340 e. The molecule has 5 nitrogen and oxygen atoms in total. The second kappa shape index (κ2) is 3.73. The Hall–Kier alpha value is -2.24. The molecule has 0 aliphatic rings. The average Bonchev–Trinajstić information content (AvgIpc) is 2.73. The van der Waals surface area contributed by atoms with Gasteiger partial charge < -0.3 is 5.11 Å². The summed E-state index contributed by atoms with van der Waals surface area (Å²) in [6.07, 6.45) is 2.80. The van der Waals surface area contributed by atoms with Crippen LogP contribution in [0.2, 0.25) is 0 Å². The maximum absolute atomic E-state index is 13.4. The first kappa shape index (κ1) is 10.3. The fraction of sp³-hybridized carbons (Fsp3) is 0.100. The molecule has 2 rings (SSSR count). The van der Waals surface area contributed by atoms with Crippen molar-refractivity contribution in [2.75, 3.05) is 0 Å². The summed E-state index contributed by atoms with van der Waals surface area (Å²) in [7, 11) is 0. The molecule has 0 atom stereocenters. The van der Waals surface area contributed by atoms with E-state index in [-0.39, 0.29) is 5.69 Å². The minimum Gasteiger partial charge on any atom is -0.478 e. The van der Waals surface area contributed by atoms with Gasteiger partial charge in [-0.15, -0.1) is 0 Å². The number of nitrogens with zero attached hydrogens (tertiary/aromatic N) is 3. The van der Waals surface area contributed by atoms with Gasteiger partial charge in [0.2, 0.25) is 0 Å². The van der Waals surface area contributed by atoms with E-state index in [1.54, 1.807) is 6.92 Å². The van der Waals surface area contributed by atoms with Crippen molar-refractivity contribution in [3.8, 4) is 5.69 Å². The first-order chi connectivity index (χ1) is 7.61. The summed E-state index contributed by atoms with van der Waals surface area (Å²) in [4.78, 5) is 12.1. The Bertz CT molecular complexity index is 537. The van der Waals surface area contributed by atoms with E-state index in [4.69, 9.17) is 5.11 Å². The molecule has 1 aromatic carbocycles. The standard InChI is InChI=1S/C10H8FN3O2/c1-6-2-3-7(11)8(10(15)16)9(6)14-12-4-5-13-14/h2-5H,1H3,(H,15,16). The lowest BCUT2D eigenvalue weighted by Gasteiger charge is -2.08. The third-order valence-corrected chi connectivity index (χ3v) is 2.16. The first-order valence-electron chi connectivity index (χ1n) is 4.50. The highest BCUT2D eigenvalue weighted by Gasteiger charge is 2.20. The minimum atomic E-state index is -1.34. The van der Waals surface area contributed by atoms with Crippen LogP contribution in [0.15, 0.2) is 24.5 Å². The molecule has 0 aliphatic carbocycles. The third kappa shape index (κ3) is 1.54. The number of hydrogen-bond donors (Lipinski definition) is 1. The molecule has 0 amide bonds. The number of carbonyl (C=O) groups is 1. The average molecular weight is 221 g/mol. The van der Waals surface area contributed by atoms with Gasteiger partial charge in [-0.05, 0) is 18.6 Å². The van der Waals surface area contributed by atoms with Crippen molar-refractivity contribution in [1.82, 2.24) is 15.0 Å². The van der Waals surface area contributed by atoms with Crippen LogP contribution in [0, 0.1) is 12.7 Å². The second-order valence-corrected chi connectivity index (χ2v) is 3.21. The van der Waals surface area contributed by atoms with Gasteiger partial charge in [0.05, 0.1) is 12.4 Å². The molecule has 0 fully saturated rings. The molecule has 0 bridgehead atoms. The molecule has 0 saturated heterocycles. The van der Waals surface area contributed by atoms with E-state index >= 15 is 0 Å². The highest BCUT2D eigenvalue weighted by atomic mass is 19.1. The van der Waals surface area contributed by atoms with Gasteiger partial charge >= 0.3 is 5.97 Å². The van der Waals surface area contributed by atoms with Crippen LogP contribution >= 0.6 is 0 Å². The normalized spacial score (nSPS) is 10.4. The number of aromatic carboxylic acids is 1. The van der Waals surface area contributed by atoms with Gasteiger partial charge in [-0.25, -0.2) is 9.18 Å². The quantitative estimate of drug-likeness (QED) is 0.832. The Labute approximate surface area is 90.1 Å². The number of aromatic nitrogens is 3. The van der Waals surface area contributed by atoms with Crippen LogP contribution in [0.1, 0.15) is 15.9 Å². The van der Waals surface area contributed by atoms with E-state index in [1.807, 2.05) is 0 Å². The lowest BCUT2D eigenvalue weighted by Crippen LogP contribution is -2.12. The number of carboxylic acid groups (broad SMARTS) is 1. The molecule has 16 heavy (non-hydrogen) atoms. The molecule has 2 aromatic rings. The SMILES string of the molecule is Cc1ccc(F)c(C(=O)O)c1-n1nccn1. The van der Waals surface area contributed by atoms with Gasteiger partial charge in [0.25, 0.3) is 0 Å². The van der Waals surface area contributed by atoms with Crippen LogP contribution in [0.5, 0.6) is 0 Å².